The zero-order valence-corrected chi connectivity index (χ0v) is 32.2. The molecule has 0 aliphatic carbocycles. The molecule has 298 valence electrons. The SMILES string of the molecule is CO[C@H]1O[C@H](COC(C)=O)[C@@H](O[C@H]2O[C@H]3CS[C@](C#N)(c4ccccc4)O[C@@H]3[C@@H](OCc3ccccc3)[C@H]2OCc2ccccc2)[C@H](OC(C)=O)[C@H]1OC(C)=O. The number of carbonyl (C=O) groups excluding carboxylic acids is 3. The van der Waals surface area contributed by atoms with Gasteiger partial charge in [0.1, 0.15) is 43.2 Å². The van der Waals surface area contributed by atoms with E-state index in [4.69, 9.17) is 47.4 Å². The van der Waals surface area contributed by atoms with Crippen LogP contribution < -0.4 is 0 Å². The third kappa shape index (κ3) is 9.95. The van der Waals surface area contributed by atoms with Crippen molar-refractivity contribution in [3.05, 3.63) is 108 Å². The minimum absolute atomic E-state index is 0.0986. The Labute approximate surface area is 329 Å². The molecule has 15 heteroatoms. The van der Waals surface area contributed by atoms with Gasteiger partial charge in [-0.1, -0.05) is 91.0 Å². The fraction of sp³-hybridized carbons (Fsp3) is 0.463. The Kier molecular flexibility index (Phi) is 14.1. The van der Waals surface area contributed by atoms with Gasteiger partial charge in [-0.3, -0.25) is 14.4 Å². The van der Waals surface area contributed by atoms with E-state index in [9.17, 15) is 19.6 Å². The molecule has 0 unspecified atom stereocenters. The number of thioether (sulfide) groups is 1. The lowest BCUT2D eigenvalue weighted by molar-refractivity contribution is -0.367. The second kappa shape index (κ2) is 19.2. The third-order valence-electron chi connectivity index (χ3n) is 9.39. The van der Waals surface area contributed by atoms with Gasteiger partial charge in [0.2, 0.25) is 4.93 Å². The molecule has 0 spiro atoms. The van der Waals surface area contributed by atoms with E-state index in [1.54, 1.807) is 0 Å². The van der Waals surface area contributed by atoms with E-state index in [1.165, 1.54) is 39.6 Å². The van der Waals surface area contributed by atoms with Crippen LogP contribution in [0.5, 0.6) is 0 Å². The molecule has 0 bridgehead atoms. The van der Waals surface area contributed by atoms with Crippen LogP contribution in [0.3, 0.4) is 0 Å². The van der Waals surface area contributed by atoms with E-state index >= 15 is 0 Å². The summed E-state index contributed by atoms with van der Waals surface area (Å²) < 4.78 is 62.2. The monoisotopic (exact) mass is 791 g/mol. The van der Waals surface area contributed by atoms with Crippen molar-refractivity contribution in [3.8, 4) is 6.07 Å². The number of rotatable bonds is 14. The summed E-state index contributed by atoms with van der Waals surface area (Å²) >= 11 is 1.27. The highest BCUT2D eigenvalue weighted by Crippen LogP contribution is 2.48. The molecule has 11 atom stereocenters. The van der Waals surface area contributed by atoms with E-state index in [0.29, 0.717) is 5.56 Å². The molecule has 3 fully saturated rings. The van der Waals surface area contributed by atoms with Crippen molar-refractivity contribution in [2.24, 2.45) is 0 Å². The van der Waals surface area contributed by atoms with E-state index in [1.807, 2.05) is 91.0 Å². The van der Waals surface area contributed by atoms with Gasteiger partial charge in [-0.05, 0) is 11.1 Å². The Morgan fingerprint density at radius 3 is 1.86 bits per heavy atom. The standard InChI is InChI=1S/C41H45NO13S/c1-25(43)47-22-31-33(36(50-26(2)44)38(51-27(3)45)39(46-4)52-31)54-40-37(49-21-29-16-10-6-11-17-29)35(48-20-28-14-8-5-9-15-28)34-32(53-40)23-56-41(24-42,55-34)30-18-12-7-13-19-30/h5-19,31-40H,20-23H2,1-4H3/t31-,32+,33-,34+,35-,36+,37-,38-,39+,40-,41-/m1/s1. The Bertz CT molecular complexity index is 1800. The Balaban J connectivity index is 1.41. The van der Waals surface area contributed by atoms with Crippen molar-refractivity contribution in [3.63, 3.8) is 0 Å². The number of ether oxygens (including phenoxy) is 10. The number of hydrogen-bond donors (Lipinski definition) is 0. The number of esters is 3. The molecule has 6 rings (SSSR count). The van der Waals surface area contributed by atoms with Gasteiger partial charge in [-0.15, -0.1) is 11.8 Å². The first kappa shape index (κ1) is 41.3. The molecule has 56 heavy (non-hydrogen) atoms. The summed E-state index contributed by atoms with van der Waals surface area (Å²) in [6.07, 6.45) is -11.0. The van der Waals surface area contributed by atoms with Crippen LogP contribution in [0, 0.1) is 11.3 Å². The first-order chi connectivity index (χ1) is 27.1. The molecule has 0 saturated carbocycles. The van der Waals surface area contributed by atoms with Gasteiger partial charge < -0.3 is 47.4 Å². The molecular weight excluding hydrogens is 747 g/mol. The Hall–Kier alpha value is -4.37. The topological polar surface area (TPSA) is 167 Å². The van der Waals surface area contributed by atoms with Crippen molar-refractivity contribution in [1.82, 2.24) is 0 Å². The number of nitriles is 1. The number of carbonyl (C=O) groups is 3. The third-order valence-corrected chi connectivity index (χ3v) is 10.7. The summed E-state index contributed by atoms with van der Waals surface area (Å²) in [6, 6.07) is 30.6. The maximum absolute atomic E-state index is 12.6. The maximum atomic E-state index is 12.6. The smallest absolute Gasteiger partial charge is 0.303 e. The van der Waals surface area contributed by atoms with Gasteiger partial charge >= 0.3 is 17.9 Å². The van der Waals surface area contributed by atoms with Crippen molar-refractivity contribution in [2.45, 2.75) is 100 Å². The molecule has 3 heterocycles. The van der Waals surface area contributed by atoms with Gasteiger partial charge in [0.25, 0.3) is 0 Å². The van der Waals surface area contributed by atoms with Crippen LogP contribution in [0.4, 0.5) is 0 Å². The van der Waals surface area contributed by atoms with Crippen molar-refractivity contribution < 1.29 is 61.8 Å². The van der Waals surface area contributed by atoms with Gasteiger partial charge in [-0.25, -0.2) is 0 Å². The summed E-state index contributed by atoms with van der Waals surface area (Å²) in [7, 11) is 1.33. The highest BCUT2D eigenvalue weighted by Gasteiger charge is 2.58. The van der Waals surface area contributed by atoms with E-state index in [0.717, 1.165) is 11.1 Å². The predicted molar refractivity (Wildman–Crippen MR) is 198 cm³/mol. The van der Waals surface area contributed by atoms with Gasteiger partial charge in [0, 0.05) is 39.2 Å². The second-order valence-corrected chi connectivity index (χ2v) is 14.6. The minimum Gasteiger partial charge on any atom is -0.463 e. The number of fused-ring (bicyclic) bond motifs is 1. The summed E-state index contributed by atoms with van der Waals surface area (Å²) in [4.78, 5) is 35.6. The number of methoxy groups -OCH3 is 1. The van der Waals surface area contributed by atoms with Crippen LogP contribution in [0.2, 0.25) is 0 Å². The number of benzene rings is 3. The summed E-state index contributed by atoms with van der Waals surface area (Å²) in [5.41, 5.74) is 2.38. The predicted octanol–water partition coefficient (Wildman–Crippen LogP) is 4.57. The molecule has 0 N–H and O–H groups in total. The normalized spacial score (nSPS) is 31.3. The highest BCUT2D eigenvalue weighted by atomic mass is 32.2. The lowest BCUT2D eigenvalue weighted by atomic mass is 9.95. The quantitative estimate of drug-likeness (QED) is 0.164. The van der Waals surface area contributed by atoms with E-state index in [2.05, 4.69) is 6.07 Å². The number of nitrogens with zero attached hydrogens (tertiary/aromatic N) is 1. The second-order valence-electron chi connectivity index (χ2n) is 13.4. The lowest BCUT2D eigenvalue weighted by Gasteiger charge is -2.52. The largest absolute Gasteiger partial charge is 0.463 e. The maximum Gasteiger partial charge on any atom is 0.303 e. The average molecular weight is 792 g/mol. The van der Waals surface area contributed by atoms with Crippen molar-refractivity contribution in [2.75, 3.05) is 19.5 Å². The molecular formula is C41H45NO13S. The van der Waals surface area contributed by atoms with Crippen LogP contribution in [0.15, 0.2) is 91.0 Å². The molecule has 0 aromatic heterocycles. The van der Waals surface area contributed by atoms with Gasteiger partial charge in [-0.2, -0.15) is 5.26 Å². The first-order valence-corrected chi connectivity index (χ1v) is 19.2. The Morgan fingerprint density at radius 2 is 1.30 bits per heavy atom. The summed E-state index contributed by atoms with van der Waals surface area (Å²) in [5.74, 6) is -1.71. The van der Waals surface area contributed by atoms with Crippen LogP contribution in [0.1, 0.15) is 37.5 Å². The molecule has 0 amide bonds. The zero-order valence-electron chi connectivity index (χ0n) is 31.4. The zero-order chi connectivity index (χ0) is 39.7. The molecule has 3 saturated heterocycles. The fourth-order valence-corrected chi connectivity index (χ4v) is 8.10. The van der Waals surface area contributed by atoms with Crippen LogP contribution in [-0.2, 0) is 79.9 Å². The molecule has 3 aromatic carbocycles. The van der Waals surface area contributed by atoms with E-state index in [-0.39, 0.29) is 25.6 Å². The van der Waals surface area contributed by atoms with Crippen molar-refractivity contribution >= 4 is 29.7 Å². The van der Waals surface area contributed by atoms with Crippen LogP contribution in [-0.4, -0.2) is 98.8 Å². The minimum atomic E-state index is -1.39. The lowest BCUT2D eigenvalue weighted by Crippen LogP contribution is -2.67. The molecule has 3 aliphatic heterocycles. The molecule has 3 aromatic rings. The Morgan fingerprint density at radius 1 is 0.732 bits per heavy atom. The molecule has 0 radical (unpaired) electrons. The van der Waals surface area contributed by atoms with Crippen molar-refractivity contribution in [1.29, 1.82) is 5.26 Å². The summed E-state index contributed by atoms with van der Waals surface area (Å²) in [6.45, 7) is 3.54. The van der Waals surface area contributed by atoms with Crippen LogP contribution in [0.25, 0.3) is 0 Å². The van der Waals surface area contributed by atoms with Crippen LogP contribution >= 0.6 is 11.8 Å². The van der Waals surface area contributed by atoms with Gasteiger partial charge in [0.05, 0.1) is 19.3 Å². The average Bonchev–Trinajstić information content (AvgIpc) is 3.20. The number of hydrogen-bond acceptors (Lipinski definition) is 15. The summed E-state index contributed by atoms with van der Waals surface area (Å²) in [5, 5.41) is 10.6. The highest BCUT2D eigenvalue weighted by molar-refractivity contribution is 8.00. The fourth-order valence-electron chi connectivity index (χ4n) is 6.88. The first-order valence-electron chi connectivity index (χ1n) is 18.2. The van der Waals surface area contributed by atoms with E-state index < -0.39 is 84.3 Å². The molecule has 14 nitrogen and oxygen atoms in total. The molecule has 3 aliphatic rings. The van der Waals surface area contributed by atoms with Gasteiger partial charge in [0.15, 0.2) is 24.8 Å².